The molecule has 0 aliphatic heterocycles. The molecule has 0 N–H and O–H groups in total. The van der Waals surface area contributed by atoms with Crippen molar-refractivity contribution in [3.8, 4) is 0 Å². The van der Waals surface area contributed by atoms with Crippen molar-refractivity contribution >= 4 is 27.5 Å². The van der Waals surface area contributed by atoms with Gasteiger partial charge in [0, 0.05) is 10.8 Å². The van der Waals surface area contributed by atoms with Crippen molar-refractivity contribution in [3.63, 3.8) is 0 Å². The van der Waals surface area contributed by atoms with Crippen LogP contribution in [0.1, 0.15) is 12.5 Å². The maximum atomic E-state index is 4.88. The van der Waals surface area contributed by atoms with E-state index in [1.165, 1.54) is 10.8 Å². The first-order valence-corrected chi connectivity index (χ1v) is 7.44. The Morgan fingerprint density at radius 1 is 0.682 bits per heavy atom. The fraction of sp³-hybridized carbons (Fsp3) is 0.0500. The molecule has 2 nitrogen and oxygen atoms in total. The van der Waals surface area contributed by atoms with Gasteiger partial charge in [-0.05, 0) is 24.6 Å². The summed E-state index contributed by atoms with van der Waals surface area (Å²) < 4.78 is 2.05. The van der Waals surface area contributed by atoms with E-state index in [9.17, 15) is 0 Å². The zero-order chi connectivity index (χ0) is 14.9. The highest BCUT2D eigenvalue weighted by Crippen LogP contribution is 2.28. The first-order valence-electron chi connectivity index (χ1n) is 7.44. The highest BCUT2D eigenvalue weighted by atomic mass is 15.3. The number of nitrogens with zero attached hydrogens (tertiary/aromatic N) is 2. The van der Waals surface area contributed by atoms with E-state index in [-0.39, 0.29) is 0 Å². The van der Waals surface area contributed by atoms with Crippen molar-refractivity contribution in [2.45, 2.75) is 6.92 Å². The molecule has 1 heterocycles. The molecule has 0 amide bonds. The van der Waals surface area contributed by atoms with Gasteiger partial charge in [0.1, 0.15) is 0 Å². The van der Waals surface area contributed by atoms with Crippen LogP contribution in [0.4, 0.5) is 0 Å². The highest BCUT2D eigenvalue weighted by Gasteiger charge is 2.09. The maximum Gasteiger partial charge on any atom is 0.0732 e. The Balaban J connectivity index is 2.01. The molecule has 2 heteroatoms. The second kappa shape index (κ2) is 5.15. The minimum absolute atomic E-state index is 1.01. The van der Waals surface area contributed by atoms with Crippen molar-refractivity contribution in [1.29, 1.82) is 0 Å². The molecule has 0 aliphatic rings. The fourth-order valence-corrected chi connectivity index (χ4v) is 2.90. The van der Waals surface area contributed by atoms with Crippen LogP contribution >= 0.6 is 0 Å². The van der Waals surface area contributed by atoms with Gasteiger partial charge in [0.15, 0.2) is 0 Å². The number of aromatic nitrogens is 1. The molecule has 4 aromatic rings. The Morgan fingerprint density at radius 2 is 1.18 bits per heavy atom. The molecule has 22 heavy (non-hydrogen) atoms. The van der Waals surface area contributed by atoms with Crippen molar-refractivity contribution < 1.29 is 0 Å². The summed E-state index contributed by atoms with van der Waals surface area (Å²) >= 11 is 0. The lowest BCUT2D eigenvalue weighted by Gasteiger charge is -2.04. The summed E-state index contributed by atoms with van der Waals surface area (Å²) in [5.41, 5.74) is 4.43. The number of fused-ring (bicyclic) bond motifs is 3. The van der Waals surface area contributed by atoms with Crippen LogP contribution < -0.4 is 0 Å². The predicted octanol–water partition coefficient (Wildman–Crippen LogP) is 5.07. The van der Waals surface area contributed by atoms with Gasteiger partial charge in [0.05, 0.1) is 16.7 Å². The molecule has 0 aliphatic carbocycles. The first-order chi connectivity index (χ1) is 10.8. The quantitative estimate of drug-likeness (QED) is 0.457. The van der Waals surface area contributed by atoms with Gasteiger partial charge in [0.2, 0.25) is 0 Å². The van der Waals surface area contributed by atoms with Gasteiger partial charge < -0.3 is 0 Å². The molecule has 0 unspecified atom stereocenters. The second-order valence-corrected chi connectivity index (χ2v) is 5.40. The maximum absolute atomic E-state index is 4.88. The first kappa shape index (κ1) is 12.8. The van der Waals surface area contributed by atoms with Crippen molar-refractivity contribution in [3.05, 3.63) is 84.4 Å². The molecule has 0 radical (unpaired) electrons. The van der Waals surface area contributed by atoms with Crippen LogP contribution in [-0.4, -0.2) is 10.4 Å². The third kappa shape index (κ3) is 2.01. The van der Waals surface area contributed by atoms with Gasteiger partial charge in [-0.15, -0.1) is 0 Å². The summed E-state index contributed by atoms with van der Waals surface area (Å²) in [6.45, 7) is 2.05. The standard InChI is InChI=1S/C20H16N2/c1-15(16-9-3-2-4-10-16)21-22-19-13-7-5-11-17(19)18-12-6-8-14-20(18)22/h2-14H,1H3. The SMILES string of the molecule is CC(=Nn1c2ccccc2c2ccccc21)c1ccccc1. The molecular weight excluding hydrogens is 268 g/mol. The molecule has 0 spiro atoms. The molecule has 0 saturated heterocycles. The van der Waals surface area contributed by atoms with E-state index < -0.39 is 0 Å². The van der Waals surface area contributed by atoms with Crippen molar-refractivity contribution in [2.24, 2.45) is 5.10 Å². The van der Waals surface area contributed by atoms with Gasteiger partial charge in [-0.1, -0.05) is 66.7 Å². The van der Waals surface area contributed by atoms with E-state index in [4.69, 9.17) is 5.10 Å². The molecule has 106 valence electrons. The Morgan fingerprint density at radius 3 is 1.77 bits per heavy atom. The lowest BCUT2D eigenvalue weighted by atomic mass is 10.1. The molecule has 0 saturated carbocycles. The Labute approximate surface area is 129 Å². The molecule has 1 aromatic heterocycles. The van der Waals surface area contributed by atoms with Gasteiger partial charge in [-0.25, -0.2) is 4.68 Å². The summed E-state index contributed by atoms with van der Waals surface area (Å²) in [5, 5.41) is 7.36. The minimum Gasteiger partial charge on any atom is -0.232 e. The molecule has 0 fully saturated rings. The zero-order valence-electron chi connectivity index (χ0n) is 12.4. The van der Waals surface area contributed by atoms with Gasteiger partial charge in [0.25, 0.3) is 0 Å². The van der Waals surface area contributed by atoms with E-state index in [1.807, 2.05) is 22.9 Å². The molecule has 4 rings (SSSR count). The lowest BCUT2D eigenvalue weighted by molar-refractivity contribution is 0.964. The predicted molar refractivity (Wildman–Crippen MR) is 93.5 cm³/mol. The van der Waals surface area contributed by atoms with E-state index in [0.29, 0.717) is 0 Å². The fourth-order valence-electron chi connectivity index (χ4n) is 2.90. The average Bonchev–Trinajstić information content (AvgIpc) is 2.90. The van der Waals surface area contributed by atoms with Crippen LogP contribution in [0.3, 0.4) is 0 Å². The Bertz CT molecular complexity index is 925. The highest BCUT2D eigenvalue weighted by molar-refractivity contribution is 6.08. The topological polar surface area (TPSA) is 17.3 Å². The molecule has 0 atom stereocenters. The lowest BCUT2D eigenvalue weighted by Crippen LogP contribution is -1.99. The smallest absolute Gasteiger partial charge is 0.0732 e. The van der Waals surface area contributed by atoms with Gasteiger partial charge in [-0.3, -0.25) is 0 Å². The Hall–Kier alpha value is -2.87. The third-order valence-corrected chi connectivity index (χ3v) is 4.00. The van der Waals surface area contributed by atoms with Gasteiger partial charge >= 0.3 is 0 Å². The van der Waals surface area contributed by atoms with Gasteiger partial charge in [-0.2, -0.15) is 5.10 Å². The van der Waals surface area contributed by atoms with E-state index >= 15 is 0 Å². The van der Waals surface area contributed by atoms with Crippen molar-refractivity contribution in [1.82, 2.24) is 4.68 Å². The number of para-hydroxylation sites is 2. The van der Waals surface area contributed by atoms with Crippen LogP contribution in [-0.2, 0) is 0 Å². The minimum atomic E-state index is 1.01. The summed E-state index contributed by atoms with van der Waals surface area (Å²) in [5.74, 6) is 0. The molecular formula is C20H16N2. The number of benzene rings is 3. The van der Waals surface area contributed by atoms with Crippen molar-refractivity contribution in [2.75, 3.05) is 0 Å². The summed E-state index contributed by atoms with van der Waals surface area (Å²) in [4.78, 5) is 0. The van der Waals surface area contributed by atoms with Crippen LogP contribution in [0, 0.1) is 0 Å². The summed E-state index contributed by atoms with van der Waals surface area (Å²) in [6, 6.07) is 27.1. The van der Waals surface area contributed by atoms with Crippen LogP contribution in [0.15, 0.2) is 84.0 Å². The molecule has 3 aromatic carbocycles. The average molecular weight is 284 g/mol. The number of rotatable bonds is 2. The third-order valence-electron chi connectivity index (χ3n) is 4.00. The van der Waals surface area contributed by atoms with E-state index in [1.54, 1.807) is 0 Å². The second-order valence-electron chi connectivity index (χ2n) is 5.40. The van der Waals surface area contributed by atoms with E-state index in [0.717, 1.165) is 22.3 Å². The summed E-state index contributed by atoms with van der Waals surface area (Å²) in [6.07, 6.45) is 0. The van der Waals surface area contributed by atoms with Crippen LogP contribution in [0.2, 0.25) is 0 Å². The monoisotopic (exact) mass is 284 g/mol. The Kier molecular flexibility index (Phi) is 3.01. The normalized spacial score (nSPS) is 12.1. The molecule has 0 bridgehead atoms. The van der Waals surface area contributed by atoms with Crippen LogP contribution in [0.5, 0.6) is 0 Å². The zero-order valence-corrected chi connectivity index (χ0v) is 12.4. The largest absolute Gasteiger partial charge is 0.232 e. The van der Waals surface area contributed by atoms with Crippen LogP contribution in [0.25, 0.3) is 21.8 Å². The summed E-state index contributed by atoms with van der Waals surface area (Å²) in [7, 11) is 0. The van der Waals surface area contributed by atoms with E-state index in [2.05, 4.69) is 67.6 Å². The number of hydrogen-bond acceptors (Lipinski definition) is 1. The number of hydrogen-bond donors (Lipinski definition) is 0.